The van der Waals surface area contributed by atoms with E-state index in [-0.39, 0.29) is 34.8 Å². The summed E-state index contributed by atoms with van der Waals surface area (Å²) >= 11 is 0. The maximum atomic E-state index is 13.1. The van der Waals surface area contributed by atoms with E-state index in [1.165, 1.54) is 17.2 Å². The van der Waals surface area contributed by atoms with Crippen LogP contribution in [0.4, 0.5) is 5.82 Å². The minimum absolute atomic E-state index is 0.0459. The predicted octanol–water partition coefficient (Wildman–Crippen LogP) is -1.81. The number of rotatable bonds is 3. The smallest absolute Gasteiger partial charge is 0.354 e. The molecule has 6 heterocycles. The third-order valence-electron chi connectivity index (χ3n) is 6.94. The minimum Gasteiger partial charge on any atom is -0.390 e. The zero-order chi connectivity index (χ0) is 29.1. The first kappa shape index (κ1) is 27.8. The van der Waals surface area contributed by atoms with Crippen LogP contribution in [-0.2, 0) is 23.3 Å². The van der Waals surface area contributed by atoms with Crippen LogP contribution in [0.2, 0.25) is 0 Å². The second-order valence-corrected chi connectivity index (χ2v) is 11.5. The van der Waals surface area contributed by atoms with Crippen molar-refractivity contribution in [3.63, 3.8) is 0 Å². The largest absolute Gasteiger partial charge is 0.390 e. The highest BCUT2D eigenvalue weighted by molar-refractivity contribution is 7.52. The van der Waals surface area contributed by atoms with Gasteiger partial charge in [0.15, 0.2) is 47.7 Å². The number of H-pyrrole nitrogens is 1. The Morgan fingerprint density at radius 2 is 1.88 bits per heavy atom. The van der Waals surface area contributed by atoms with Gasteiger partial charge in [0.2, 0.25) is 0 Å². The van der Waals surface area contributed by atoms with E-state index in [9.17, 15) is 29.6 Å². The number of aromatic amines is 1. The molecule has 4 aromatic rings. The van der Waals surface area contributed by atoms with Crippen LogP contribution >= 0.6 is 7.60 Å². The van der Waals surface area contributed by atoms with Gasteiger partial charge in [0, 0.05) is 5.92 Å². The van der Waals surface area contributed by atoms with E-state index in [1.807, 2.05) is 0 Å². The van der Waals surface area contributed by atoms with Crippen LogP contribution in [0.15, 0.2) is 30.1 Å². The van der Waals surface area contributed by atoms with Crippen LogP contribution in [0.5, 0.6) is 0 Å². The first-order valence-electron chi connectivity index (χ1n) is 12.3. The van der Waals surface area contributed by atoms with Gasteiger partial charge in [0.1, 0.15) is 30.2 Å². The van der Waals surface area contributed by atoms with Crippen LogP contribution < -0.4 is 11.3 Å². The average Bonchev–Trinajstić information content (AvgIpc) is 3.64. The summed E-state index contributed by atoms with van der Waals surface area (Å²) in [6, 6.07) is 0. The highest BCUT2D eigenvalue weighted by Gasteiger charge is 2.49. The molecule has 0 saturated carbocycles. The molecule has 220 valence electrons. The van der Waals surface area contributed by atoms with Crippen LogP contribution in [-0.4, -0.2) is 103 Å². The van der Waals surface area contributed by atoms with Gasteiger partial charge in [-0.1, -0.05) is 6.92 Å². The molecule has 2 aliphatic heterocycles. The van der Waals surface area contributed by atoms with Crippen molar-refractivity contribution in [1.29, 1.82) is 0 Å². The number of nitrogen functional groups attached to an aromatic ring is 1. The Bertz CT molecular complexity index is 1680. The Hall–Kier alpha value is -3.39. The van der Waals surface area contributed by atoms with Gasteiger partial charge in [-0.05, 0) is 0 Å². The summed E-state index contributed by atoms with van der Waals surface area (Å²) in [5, 5.41) is 33.4. The molecule has 4 aromatic heterocycles. The van der Waals surface area contributed by atoms with Gasteiger partial charge in [-0.25, -0.2) is 24.9 Å². The predicted molar refractivity (Wildman–Crippen MR) is 135 cm³/mol. The Labute approximate surface area is 229 Å². The molecule has 20 heteroatoms. The molecule has 0 spiro atoms. The molecule has 0 aromatic carbocycles. The van der Waals surface area contributed by atoms with Gasteiger partial charge in [0.25, 0.3) is 5.56 Å². The number of nitrogens with two attached hydrogens (primary N) is 1. The third kappa shape index (κ3) is 4.90. The molecule has 0 amide bonds. The van der Waals surface area contributed by atoms with E-state index in [1.54, 1.807) is 6.92 Å². The van der Waals surface area contributed by atoms with Gasteiger partial charge in [-0.2, -0.15) is 0 Å². The number of aromatic nitrogens is 8. The molecule has 6 rings (SSSR count). The standard InChI is InChI=1S/C21H26N9O10P/c1-8-2-37-14-12(32)20(30-6-27-9-15(22)23-3-24-16(9)30)39-21(14)38-7-41(35,36)40-13(11(8)31)19(34)29-5-28-10-17(29)25-4-26-18(10)33/h3-6,8,11-14,19-21,31-32,34H,2,7H2,1H3,(H,35,36)(H2,22,23,24)(H,25,26,33). The lowest BCUT2D eigenvalue weighted by Gasteiger charge is -2.32. The number of fused-ring (bicyclic) bond motifs is 3. The number of aliphatic hydroxyl groups is 3. The number of nitrogens with one attached hydrogen (secondary N) is 1. The zero-order valence-electron chi connectivity index (χ0n) is 21.2. The van der Waals surface area contributed by atoms with E-state index >= 15 is 0 Å². The number of aliphatic hydroxyl groups excluding tert-OH is 3. The fourth-order valence-corrected chi connectivity index (χ4v) is 5.81. The lowest BCUT2D eigenvalue weighted by molar-refractivity contribution is -0.180. The number of hydrogen-bond acceptors (Lipinski definition) is 15. The SMILES string of the molecule is CC1COC2C(OCP(=O)(O)OC(C(O)n3cnc4c(=O)[nH]cnc43)C1O)OC(n1cnc3c(N)ncnc31)C2O. The normalized spacial score (nSPS) is 33.9. The van der Waals surface area contributed by atoms with Crippen molar-refractivity contribution in [2.24, 2.45) is 5.92 Å². The fraction of sp³-hybridized carbons (Fsp3) is 0.524. The van der Waals surface area contributed by atoms with E-state index in [2.05, 4.69) is 29.9 Å². The molecule has 2 fully saturated rings. The summed E-state index contributed by atoms with van der Waals surface area (Å²) in [4.78, 5) is 45.1. The average molecular weight is 595 g/mol. The van der Waals surface area contributed by atoms with Crippen molar-refractivity contribution in [2.45, 2.75) is 50.1 Å². The fourth-order valence-electron chi connectivity index (χ4n) is 4.80. The molecular weight excluding hydrogens is 569 g/mol. The summed E-state index contributed by atoms with van der Waals surface area (Å²) < 4.78 is 38.2. The minimum atomic E-state index is -4.70. The zero-order valence-corrected chi connectivity index (χ0v) is 22.1. The quantitative estimate of drug-likeness (QED) is 0.142. The summed E-state index contributed by atoms with van der Waals surface area (Å²) in [5.41, 5.74) is 5.67. The lowest BCUT2D eigenvalue weighted by atomic mass is 9.99. The van der Waals surface area contributed by atoms with Gasteiger partial charge in [-0.15, -0.1) is 0 Å². The van der Waals surface area contributed by atoms with Gasteiger partial charge >= 0.3 is 7.60 Å². The molecule has 0 radical (unpaired) electrons. The van der Waals surface area contributed by atoms with Crippen LogP contribution in [0.1, 0.15) is 19.4 Å². The second kappa shape index (κ2) is 10.5. The molecule has 2 aliphatic rings. The second-order valence-electron chi connectivity index (χ2n) is 9.71. The molecule has 9 atom stereocenters. The number of imidazole rings is 2. The Kier molecular flexibility index (Phi) is 7.09. The summed E-state index contributed by atoms with van der Waals surface area (Å²) in [7, 11) is -4.70. The highest BCUT2D eigenvalue weighted by Crippen LogP contribution is 2.48. The molecule has 19 nitrogen and oxygen atoms in total. The number of hydrogen-bond donors (Lipinski definition) is 6. The molecule has 2 saturated heterocycles. The number of ether oxygens (including phenoxy) is 3. The van der Waals surface area contributed by atoms with Gasteiger partial charge in [-0.3, -0.25) is 23.0 Å². The summed E-state index contributed by atoms with van der Waals surface area (Å²) in [6.45, 7) is 1.32. The maximum absolute atomic E-state index is 13.1. The van der Waals surface area contributed by atoms with E-state index in [0.717, 1.165) is 17.2 Å². The molecule has 7 N–H and O–H groups in total. The first-order chi connectivity index (χ1) is 19.6. The molecule has 41 heavy (non-hydrogen) atoms. The van der Waals surface area contributed by atoms with E-state index in [0.29, 0.717) is 0 Å². The summed E-state index contributed by atoms with van der Waals surface area (Å²) in [6.07, 6.45) is -6.36. The number of anilines is 1. The van der Waals surface area contributed by atoms with Crippen LogP contribution in [0.25, 0.3) is 22.3 Å². The molecule has 0 bridgehead atoms. The van der Waals surface area contributed by atoms with Crippen molar-refractivity contribution >= 4 is 35.7 Å². The molecular formula is C21H26N9O10P. The van der Waals surface area contributed by atoms with Crippen molar-refractivity contribution in [1.82, 2.24) is 39.0 Å². The van der Waals surface area contributed by atoms with Crippen LogP contribution in [0.3, 0.4) is 0 Å². The topological polar surface area (TPSA) is 268 Å². The van der Waals surface area contributed by atoms with Crippen molar-refractivity contribution in [2.75, 3.05) is 18.7 Å². The van der Waals surface area contributed by atoms with Crippen LogP contribution in [0, 0.1) is 5.92 Å². The molecule has 0 aliphatic carbocycles. The summed E-state index contributed by atoms with van der Waals surface area (Å²) in [5.74, 6) is -0.708. The third-order valence-corrected chi connectivity index (χ3v) is 7.98. The highest BCUT2D eigenvalue weighted by atomic mass is 31.2. The monoisotopic (exact) mass is 595 g/mol. The Morgan fingerprint density at radius 3 is 2.68 bits per heavy atom. The van der Waals surface area contributed by atoms with Crippen molar-refractivity contribution < 1.29 is 43.5 Å². The lowest BCUT2D eigenvalue weighted by Crippen LogP contribution is -2.43. The van der Waals surface area contributed by atoms with E-state index < -0.39 is 68.6 Å². The number of nitrogens with zero attached hydrogens (tertiary/aromatic N) is 7. The molecule has 9 unspecified atom stereocenters. The first-order valence-corrected chi connectivity index (χ1v) is 14.1. The van der Waals surface area contributed by atoms with Gasteiger partial charge in [0.05, 0.1) is 31.7 Å². The van der Waals surface area contributed by atoms with Gasteiger partial charge < -0.3 is 45.1 Å². The van der Waals surface area contributed by atoms with E-state index in [4.69, 9.17) is 24.5 Å². The maximum Gasteiger partial charge on any atom is 0.354 e. The Balaban J connectivity index is 1.27. The van der Waals surface area contributed by atoms with Crippen molar-refractivity contribution in [3.05, 3.63) is 35.7 Å². The van der Waals surface area contributed by atoms with Crippen molar-refractivity contribution in [3.8, 4) is 0 Å². The Morgan fingerprint density at radius 1 is 1.10 bits per heavy atom.